The number of sulfone groups is 1. The van der Waals surface area contributed by atoms with E-state index in [2.05, 4.69) is 10.1 Å². The third-order valence-corrected chi connectivity index (χ3v) is 6.84. The highest BCUT2D eigenvalue weighted by atomic mass is 32.2. The molecule has 3 aromatic rings. The van der Waals surface area contributed by atoms with Crippen molar-refractivity contribution in [3.8, 4) is 5.82 Å². The number of hydrogen-bond donors (Lipinski definition) is 0. The lowest BCUT2D eigenvalue weighted by molar-refractivity contribution is -0.137. The third-order valence-electron chi connectivity index (χ3n) is 5.11. The van der Waals surface area contributed by atoms with Crippen molar-refractivity contribution in [3.05, 3.63) is 46.6 Å². The maximum Gasteiger partial charge on any atom is 0.417 e. The fourth-order valence-electron chi connectivity index (χ4n) is 3.38. The second kappa shape index (κ2) is 7.25. The largest absolute Gasteiger partial charge is 0.417 e. The van der Waals surface area contributed by atoms with Crippen LogP contribution in [-0.2, 0) is 16.0 Å². The molecule has 1 fully saturated rings. The molecule has 1 aliphatic rings. The summed E-state index contributed by atoms with van der Waals surface area (Å²) >= 11 is 0. The van der Waals surface area contributed by atoms with Crippen LogP contribution in [0, 0.1) is 0 Å². The molecule has 14 heteroatoms. The smallest absolute Gasteiger partial charge is 0.364 e. The first-order valence-electron chi connectivity index (χ1n) is 9.37. The van der Waals surface area contributed by atoms with Gasteiger partial charge in [-0.3, -0.25) is 0 Å². The Balaban J connectivity index is 1.89. The van der Waals surface area contributed by atoms with Gasteiger partial charge in [0.1, 0.15) is 4.90 Å². The van der Waals surface area contributed by atoms with Crippen molar-refractivity contribution in [3.63, 3.8) is 0 Å². The highest BCUT2D eigenvalue weighted by molar-refractivity contribution is 7.91. The molecule has 1 saturated heterocycles. The molecule has 3 aromatic heterocycles. The summed E-state index contributed by atoms with van der Waals surface area (Å²) in [4.78, 5) is 17.6. The average molecular weight is 477 g/mol. The summed E-state index contributed by atoms with van der Waals surface area (Å²) in [5, 5.41) is 3.90. The molecule has 0 bridgehead atoms. The van der Waals surface area contributed by atoms with Crippen LogP contribution in [0.2, 0.25) is 0 Å². The first-order chi connectivity index (χ1) is 14.8. The summed E-state index contributed by atoms with van der Waals surface area (Å²) in [6.07, 6.45) is -3.43. The van der Waals surface area contributed by atoms with Crippen molar-refractivity contribution in [1.82, 2.24) is 19.2 Å². The minimum absolute atomic E-state index is 0.0197. The fourth-order valence-corrected chi connectivity index (χ4v) is 4.41. The van der Waals surface area contributed by atoms with Crippen molar-refractivity contribution in [2.45, 2.75) is 30.3 Å². The van der Waals surface area contributed by atoms with Gasteiger partial charge >= 0.3 is 11.9 Å². The topological polar surface area (TPSA) is 89.6 Å². The molecule has 0 radical (unpaired) electrons. The lowest BCUT2D eigenvalue weighted by Gasteiger charge is -2.19. The predicted octanol–water partition coefficient (Wildman–Crippen LogP) is 2.54. The summed E-state index contributed by atoms with van der Waals surface area (Å²) in [6, 6.07) is 2.83. The summed E-state index contributed by atoms with van der Waals surface area (Å²) < 4.78 is 92.8. The number of nitrogens with zero attached hydrogens (tertiary/aromatic N) is 5. The molecule has 0 N–H and O–H groups in total. The van der Waals surface area contributed by atoms with Gasteiger partial charge in [-0.15, -0.1) is 5.10 Å². The summed E-state index contributed by atoms with van der Waals surface area (Å²) in [5.74, 6) is -3.75. The van der Waals surface area contributed by atoms with Crippen LogP contribution in [0.25, 0.3) is 11.5 Å². The minimum atomic E-state index is -4.70. The van der Waals surface area contributed by atoms with E-state index >= 15 is 0 Å². The first kappa shape index (κ1) is 22.2. The Morgan fingerprint density at radius 1 is 1.22 bits per heavy atom. The maximum atomic E-state index is 13.6. The first-order valence-corrected chi connectivity index (χ1v) is 11.0. The fraction of sp³-hybridized carbons (Fsp3) is 0.389. The molecule has 0 aliphatic carbocycles. The predicted molar refractivity (Wildman–Crippen MR) is 103 cm³/mol. The van der Waals surface area contributed by atoms with Crippen molar-refractivity contribution in [2.75, 3.05) is 23.7 Å². The van der Waals surface area contributed by atoms with Gasteiger partial charge in [-0.25, -0.2) is 31.4 Å². The van der Waals surface area contributed by atoms with Gasteiger partial charge in [0.05, 0.1) is 29.7 Å². The highest BCUT2D eigenvalue weighted by Crippen LogP contribution is 2.33. The molecule has 0 amide bonds. The number of fused-ring (bicyclic) bond motifs is 1. The molecule has 1 aliphatic heterocycles. The number of pyridine rings is 2. The molecule has 4 heterocycles. The van der Waals surface area contributed by atoms with Crippen LogP contribution in [0.15, 0.2) is 40.3 Å². The zero-order chi connectivity index (χ0) is 23.5. The number of anilines is 1. The zero-order valence-corrected chi connectivity index (χ0v) is 17.3. The Morgan fingerprint density at radius 2 is 1.94 bits per heavy atom. The molecule has 0 aromatic carbocycles. The van der Waals surface area contributed by atoms with Crippen molar-refractivity contribution in [1.29, 1.82) is 0 Å². The van der Waals surface area contributed by atoms with E-state index in [1.54, 1.807) is 0 Å². The molecule has 0 saturated carbocycles. The molecular weight excluding hydrogens is 461 g/mol. The van der Waals surface area contributed by atoms with Crippen LogP contribution in [0.3, 0.4) is 0 Å². The van der Waals surface area contributed by atoms with Gasteiger partial charge in [0.15, 0.2) is 21.3 Å². The van der Waals surface area contributed by atoms with Gasteiger partial charge in [0.25, 0.3) is 5.92 Å². The Kier molecular flexibility index (Phi) is 5.02. The van der Waals surface area contributed by atoms with Crippen molar-refractivity contribution < 1.29 is 30.4 Å². The van der Waals surface area contributed by atoms with Gasteiger partial charge in [-0.05, 0) is 18.2 Å². The molecule has 0 unspecified atom stereocenters. The average Bonchev–Trinajstić information content (AvgIpc) is 3.26. The summed E-state index contributed by atoms with van der Waals surface area (Å²) in [7, 11) is -4.01. The Morgan fingerprint density at radius 3 is 2.53 bits per heavy atom. The van der Waals surface area contributed by atoms with Gasteiger partial charge in [0, 0.05) is 19.2 Å². The Labute approximate surface area is 177 Å². The van der Waals surface area contributed by atoms with E-state index in [0.717, 1.165) is 24.4 Å². The van der Waals surface area contributed by atoms with E-state index in [1.165, 1.54) is 11.8 Å². The number of rotatable bonds is 4. The van der Waals surface area contributed by atoms with Gasteiger partial charge in [0.2, 0.25) is 0 Å². The zero-order valence-electron chi connectivity index (χ0n) is 16.5. The molecule has 0 atom stereocenters. The van der Waals surface area contributed by atoms with E-state index in [4.69, 9.17) is 0 Å². The highest BCUT2D eigenvalue weighted by Gasteiger charge is 2.39. The third kappa shape index (κ3) is 3.82. The summed E-state index contributed by atoms with van der Waals surface area (Å²) in [5.41, 5.74) is -2.19. The van der Waals surface area contributed by atoms with E-state index < -0.39 is 56.9 Å². The number of alkyl halides is 5. The van der Waals surface area contributed by atoms with E-state index in [0.29, 0.717) is 15.3 Å². The van der Waals surface area contributed by atoms with E-state index in [-0.39, 0.29) is 23.6 Å². The van der Waals surface area contributed by atoms with Crippen molar-refractivity contribution >= 4 is 21.2 Å². The number of aromatic nitrogens is 4. The minimum Gasteiger partial charge on any atom is -0.364 e. The Hall–Kier alpha value is -3.03. The van der Waals surface area contributed by atoms with E-state index in [1.807, 2.05) is 0 Å². The van der Waals surface area contributed by atoms with Crippen LogP contribution >= 0.6 is 0 Å². The van der Waals surface area contributed by atoms with Crippen LogP contribution in [0.1, 0.15) is 18.9 Å². The van der Waals surface area contributed by atoms with E-state index in [9.17, 15) is 35.2 Å². The van der Waals surface area contributed by atoms with Crippen LogP contribution in [0.5, 0.6) is 0 Å². The molecule has 172 valence electrons. The second-order valence-corrected chi connectivity index (χ2v) is 9.53. The monoisotopic (exact) mass is 477 g/mol. The van der Waals surface area contributed by atoms with Gasteiger partial charge < -0.3 is 4.90 Å². The van der Waals surface area contributed by atoms with Crippen molar-refractivity contribution in [2.24, 2.45) is 0 Å². The van der Waals surface area contributed by atoms with Gasteiger partial charge in [-0.1, -0.05) is 6.92 Å². The molecular formula is C18H16F5N5O3S. The molecule has 0 spiro atoms. The summed E-state index contributed by atoms with van der Waals surface area (Å²) in [6.45, 7) is 0.709. The Bertz CT molecular complexity index is 1360. The maximum absolute atomic E-state index is 13.6. The normalized spacial score (nSPS) is 16.8. The SMILES string of the molecule is CCS(=O)(=O)c1cc(N2CCC(F)(F)C2)cnc1-n1nc2ccc(C(F)(F)F)cn2c1=O. The quantitative estimate of drug-likeness (QED) is 0.537. The van der Waals surface area contributed by atoms with Crippen LogP contribution in [0.4, 0.5) is 27.6 Å². The lowest BCUT2D eigenvalue weighted by Crippen LogP contribution is -2.26. The molecule has 8 nitrogen and oxygen atoms in total. The standard InChI is InChI=1S/C18H16F5N5O3S/c1-2-32(30,31)13-7-12(26-6-5-17(19,20)10-26)8-24-15(13)28-16(29)27-9-11(18(21,22)23)3-4-14(27)25-28/h3-4,7-9H,2,5-6,10H2,1H3. The molecule has 4 rings (SSSR count). The molecule has 32 heavy (non-hydrogen) atoms. The van der Waals surface area contributed by atoms with Crippen LogP contribution < -0.4 is 10.6 Å². The van der Waals surface area contributed by atoms with Gasteiger partial charge in [-0.2, -0.15) is 17.9 Å². The second-order valence-electron chi connectivity index (χ2n) is 7.28. The van der Waals surface area contributed by atoms with Crippen LogP contribution in [-0.4, -0.2) is 52.3 Å². The number of halogens is 5. The number of hydrogen-bond acceptors (Lipinski definition) is 6. The lowest BCUT2D eigenvalue weighted by atomic mass is 10.3.